The van der Waals surface area contributed by atoms with Gasteiger partial charge in [-0.1, -0.05) is 39.0 Å². The van der Waals surface area contributed by atoms with Crippen LogP contribution in [0.1, 0.15) is 56.8 Å². The maximum atomic E-state index is 14.3. The SMILES string of the molecule is CC(C)(C)[C@]1(O)C[C@@H]2OC(=O)C[C@@]23C(=O)O[C@@H]2N(CC4CCNCC4)C(=O)[C@@H](OC(=O)c4ccccc4)[C@]213. The van der Waals surface area contributed by atoms with Gasteiger partial charge in [0.05, 0.1) is 17.6 Å². The highest BCUT2D eigenvalue weighted by atomic mass is 16.6. The van der Waals surface area contributed by atoms with E-state index in [1.165, 1.54) is 4.90 Å². The summed E-state index contributed by atoms with van der Waals surface area (Å²) in [5.41, 5.74) is -5.80. The van der Waals surface area contributed by atoms with Crippen LogP contribution < -0.4 is 5.32 Å². The first kappa shape index (κ1) is 25.3. The molecule has 10 nitrogen and oxygen atoms in total. The number of carbonyl (C=O) groups is 4. The Morgan fingerprint density at radius 1 is 1.13 bits per heavy atom. The number of benzene rings is 1. The third kappa shape index (κ3) is 3.01. The van der Waals surface area contributed by atoms with Crippen molar-refractivity contribution in [3.05, 3.63) is 35.9 Å². The van der Waals surface area contributed by atoms with Crippen LogP contribution in [0.15, 0.2) is 30.3 Å². The van der Waals surface area contributed by atoms with E-state index >= 15 is 0 Å². The predicted octanol–water partition coefficient (Wildman–Crippen LogP) is 1.41. The molecule has 38 heavy (non-hydrogen) atoms. The lowest BCUT2D eigenvalue weighted by atomic mass is 9.52. The molecule has 1 saturated carbocycles. The summed E-state index contributed by atoms with van der Waals surface area (Å²) in [7, 11) is 0. The lowest BCUT2D eigenvalue weighted by Crippen LogP contribution is -2.66. The molecule has 0 radical (unpaired) electrons. The van der Waals surface area contributed by atoms with Crippen LogP contribution in [-0.4, -0.2) is 77.5 Å². The molecule has 6 atom stereocenters. The van der Waals surface area contributed by atoms with Gasteiger partial charge < -0.3 is 29.5 Å². The van der Waals surface area contributed by atoms with Gasteiger partial charge in [0, 0.05) is 13.0 Å². The van der Waals surface area contributed by atoms with Crippen molar-refractivity contribution >= 4 is 23.8 Å². The minimum atomic E-state index is -1.75. The van der Waals surface area contributed by atoms with E-state index in [4.69, 9.17) is 14.2 Å². The van der Waals surface area contributed by atoms with Gasteiger partial charge >= 0.3 is 17.9 Å². The zero-order valence-electron chi connectivity index (χ0n) is 21.9. The van der Waals surface area contributed by atoms with Gasteiger partial charge in [-0.05, 0) is 49.4 Å². The molecule has 5 aliphatic rings. The molecular formula is C28H34N2O8. The number of aliphatic hydroxyl groups is 1. The molecule has 1 aliphatic carbocycles. The number of ether oxygens (including phenoxy) is 3. The first-order valence-corrected chi connectivity index (χ1v) is 13.4. The molecular weight excluding hydrogens is 492 g/mol. The van der Waals surface area contributed by atoms with Gasteiger partial charge in [-0.25, -0.2) is 4.79 Å². The van der Waals surface area contributed by atoms with Crippen LogP contribution >= 0.6 is 0 Å². The third-order valence-corrected chi connectivity index (χ3v) is 9.72. The van der Waals surface area contributed by atoms with Crippen LogP contribution in [0, 0.1) is 22.2 Å². The Labute approximate surface area is 221 Å². The van der Waals surface area contributed by atoms with E-state index in [0.717, 1.165) is 25.9 Å². The minimum Gasteiger partial charge on any atom is -0.461 e. The first-order valence-electron chi connectivity index (χ1n) is 13.4. The maximum absolute atomic E-state index is 14.3. The van der Waals surface area contributed by atoms with Crippen LogP contribution in [0.2, 0.25) is 0 Å². The van der Waals surface area contributed by atoms with Crippen molar-refractivity contribution in [2.75, 3.05) is 19.6 Å². The fourth-order valence-corrected chi connectivity index (χ4v) is 7.87. The Balaban J connectivity index is 1.53. The molecule has 1 aromatic rings. The molecule has 204 valence electrons. The lowest BCUT2D eigenvalue weighted by Gasteiger charge is -2.51. The topological polar surface area (TPSA) is 131 Å². The van der Waals surface area contributed by atoms with E-state index in [1.54, 1.807) is 30.3 Å². The summed E-state index contributed by atoms with van der Waals surface area (Å²) in [5, 5.41) is 16.0. The van der Waals surface area contributed by atoms with Gasteiger partial charge in [-0.3, -0.25) is 14.4 Å². The number of nitrogens with one attached hydrogen (secondary N) is 1. The van der Waals surface area contributed by atoms with Gasteiger partial charge in [-0.15, -0.1) is 0 Å². The highest BCUT2D eigenvalue weighted by Gasteiger charge is 2.93. The van der Waals surface area contributed by atoms with Crippen molar-refractivity contribution in [1.29, 1.82) is 0 Å². The van der Waals surface area contributed by atoms with Crippen molar-refractivity contribution < 1.29 is 38.5 Å². The monoisotopic (exact) mass is 526 g/mol. The molecule has 4 saturated heterocycles. The molecule has 2 N–H and O–H groups in total. The van der Waals surface area contributed by atoms with Gasteiger partial charge in [0.15, 0.2) is 12.3 Å². The van der Waals surface area contributed by atoms with E-state index in [0.29, 0.717) is 0 Å². The third-order valence-electron chi connectivity index (χ3n) is 9.72. The van der Waals surface area contributed by atoms with Crippen molar-refractivity contribution in [2.24, 2.45) is 22.2 Å². The average Bonchev–Trinajstić information content (AvgIpc) is 3.49. The Kier molecular flexibility index (Phi) is 5.50. The molecule has 10 heteroatoms. The number of carbonyl (C=O) groups excluding carboxylic acids is 4. The molecule has 0 unspecified atom stereocenters. The summed E-state index contributed by atoms with van der Waals surface area (Å²) in [6.45, 7) is 7.33. The molecule has 5 fully saturated rings. The Morgan fingerprint density at radius 3 is 2.47 bits per heavy atom. The normalized spacial score (nSPS) is 38.5. The lowest BCUT2D eigenvalue weighted by molar-refractivity contribution is -0.212. The molecule has 0 aromatic heterocycles. The number of piperidine rings is 1. The number of hydrogen-bond donors (Lipinski definition) is 2. The first-order chi connectivity index (χ1) is 18.0. The zero-order valence-corrected chi connectivity index (χ0v) is 21.9. The summed E-state index contributed by atoms with van der Waals surface area (Å²) in [6.07, 6.45) is -2.51. The molecule has 2 spiro atoms. The number of amides is 1. The van der Waals surface area contributed by atoms with Crippen LogP contribution in [0.4, 0.5) is 0 Å². The average molecular weight is 527 g/mol. The Bertz CT molecular complexity index is 1190. The van der Waals surface area contributed by atoms with Crippen molar-refractivity contribution in [2.45, 2.75) is 70.5 Å². The van der Waals surface area contributed by atoms with E-state index in [-0.39, 0.29) is 30.9 Å². The predicted molar refractivity (Wildman–Crippen MR) is 131 cm³/mol. The quantitative estimate of drug-likeness (QED) is 0.442. The second kappa shape index (κ2) is 8.26. The van der Waals surface area contributed by atoms with Gasteiger partial charge in [0.25, 0.3) is 5.91 Å². The minimum absolute atomic E-state index is 0.0678. The largest absolute Gasteiger partial charge is 0.461 e. The van der Waals surface area contributed by atoms with E-state index in [9.17, 15) is 24.3 Å². The fourth-order valence-electron chi connectivity index (χ4n) is 7.87. The van der Waals surface area contributed by atoms with Gasteiger partial charge in [-0.2, -0.15) is 0 Å². The molecule has 4 heterocycles. The molecule has 0 bridgehead atoms. The molecule has 6 rings (SSSR count). The number of likely N-dealkylation sites (tertiary alicyclic amines) is 1. The molecule has 1 amide bonds. The van der Waals surface area contributed by atoms with E-state index < -0.39 is 64.1 Å². The fraction of sp³-hybridized carbons (Fsp3) is 0.643. The summed E-state index contributed by atoms with van der Waals surface area (Å²) in [5.74, 6) is -2.42. The Morgan fingerprint density at radius 2 is 1.82 bits per heavy atom. The highest BCUT2D eigenvalue weighted by Crippen LogP contribution is 2.76. The van der Waals surface area contributed by atoms with E-state index in [2.05, 4.69) is 5.32 Å². The maximum Gasteiger partial charge on any atom is 0.338 e. The zero-order chi connectivity index (χ0) is 27.1. The van der Waals surface area contributed by atoms with Crippen molar-refractivity contribution in [3.8, 4) is 0 Å². The number of hydrogen-bond acceptors (Lipinski definition) is 9. The van der Waals surface area contributed by atoms with Gasteiger partial charge in [0.2, 0.25) is 0 Å². The van der Waals surface area contributed by atoms with Crippen LogP contribution in [-0.2, 0) is 28.6 Å². The van der Waals surface area contributed by atoms with Crippen LogP contribution in [0.3, 0.4) is 0 Å². The number of esters is 3. The summed E-state index contributed by atoms with van der Waals surface area (Å²) in [4.78, 5) is 55.7. The number of rotatable bonds is 4. The van der Waals surface area contributed by atoms with Crippen LogP contribution in [0.5, 0.6) is 0 Å². The van der Waals surface area contributed by atoms with E-state index in [1.807, 2.05) is 20.8 Å². The Hall–Kier alpha value is -2.98. The van der Waals surface area contributed by atoms with Gasteiger partial charge in [0.1, 0.15) is 16.9 Å². The summed E-state index contributed by atoms with van der Waals surface area (Å²) >= 11 is 0. The summed E-state index contributed by atoms with van der Waals surface area (Å²) < 4.78 is 17.7. The number of nitrogens with zero attached hydrogens (tertiary/aromatic N) is 1. The summed E-state index contributed by atoms with van der Waals surface area (Å²) in [6, 6.07) is 8.27. The second-order valence-corrected chi connectivity index (χ2v) is 12.4. The smallest absolute Gasteiger partial charge is 0.338 e. The second-order valence-electron chi connectivity index (χ2n) is 12.4. The van der Waals surface area contributed by atoms with Crippen molar-refractivity contribution in [3.63, 3.8) is 0 Å². The molecule has 1 aromatic carbocycles. The van der Waals surface area contributed by atoms with Crippen LogP contribution in [0.25, 0.3) is 0 Å². The standard InChI is InChI=1S/C28H34N2O8/c1-25(2,3)27(35)13-18-26(14-19(31)36-18)24(34)38-23-28(26,27)20(37-22(33)17-7-5-4-6-8-17)21(32)30(23)15-16-9-11-29-12-10-16/h4-8,16,18,20,23,29,35H,9-15H2,1-3H3/t18-,20+,23-,26-,27+,28+/m0/s1. The highest BCUT2D eigenvalue weighted by molar-refractivity contribution is 5.99. The van der Waals surface area contributed by atoms with Crippen molar-refractivity contribution in [1.82, 2.24) is 10.2 Å². The molecule has 4 aliphatic heterocycles.